The van der Waals surface area contributed by atoms with E-state index in [0.717, 1.165) is 11.6 Å². The summed E-state index contributed by atoms with van der Waals surface area (Å²) in [7, 11) is 0. The molecule has 0 saturated heterocycles. The van der Waals surface area contributed by atoms with Crippen LogP contribution in [0.15, 0.2) is 24.5 Å². The Morgan fingerprint density at radius 3 is 2.81 bits per heavy atom. The molecule has 2 heterocycles. The van der Waals surface area contributed by atoms with Gasteiger partial charge in [0.1, 0.15) is 18.0 Å². The molecule has 3 rings (SSSR count). The van der Waals surface area contributed by atoms with Gasteiger partial charge in [-0.05, 0) is 18.6 Å². The quantitative estimate of drug-likeness (QED) is 0.809. The van der Waals surface area contributed by atoms with Gasteiger partial charge >= 0.3 is 0 Å². The van der Waals surface area contributed by atoms with E-state index in [0.29, 0.717) is 30.9 Å². The SMILES string of the molecule is CC(=O)N1CCc2c(ncnc2-c2ccc(F)cc2F)C1. The molecule has 0 bridgehead atoms. The summed E-state index contributed by atoms with van der Waals surface area (Å²) >= 11 is 0. The van der Waals surface area contributed by atoms with Crippen LogP contribution in [0.2, 0.25) is 0 Å². The fourth-order valence-electron chi connectivity index (χ4n) is 2.54. The second-order valence-electron chi connectivity index (χ2n) is 4.96. The van der Waals surface area contributed by atoms with Crippen molar-refractivity contribution in [1.29, 1.82) is 0 Å². The largest absolute Gasteiger partial charge is 0.337 e. The fourth-order valence-corrected chi connectivity index (χ4v) is 2.54. The molecule has 0 radical (unpaired) electrons. The summed E-state index contributed by atoms with van der Waals surface area (Å²) in [4.78, 5) is 21.4. The highest BCUT2D eigenvalue weighted by Gasteiger charge is 2.23. The molecule has 1 aliphatic rings. The second kappa shape index (κ2) is 5.20. The number of hydrogen-bond donors (Lipinski definition) is 0. The van der Waals surface area contributed by atoms with Gasteiger partial charge in [-0.3, -0.25) is 4.79 Å². The minimum atomic E-state index is -0.648. The van der Waals surface area contributed by atoms with Crippen LogP contribution in [0.25, 0.3) is 11.3 Å². The Morgan fingerprint density at radius 1 is 1.29 bits per heavy atom. The van der Waals surface area contributed by atoms with E-state index in [9.17, 15) is 13.6 Å². The number of rotatable bonds is 1. The predicted octanol–water partition coefficient (Wildman–Crippen LogP) is 2.33. The van der Waals surface area contributed by atoms with E-state index in [1.54, 1.807) is 4.90 Å². The lowest BCUT2D eigenvalue weighted by Crippen LogP contribution is -2.35. The molecule has 108 valence electrons. The molecular formula is C15H13F2N3O. The standard InChI is InChI=1S/C15H13F2N3O/c1-9(21)20-5-4-12-14(7-20)18-8-19-15(12)11-3-2-10(16)6-13(11)17/h2-3,6,8H,4-5,7H2,1H3. The molecule has 0 aliphatic carbocycles. The average Bonchev–Trinajstić information content (AvgIpc) is 2.46. The van der Waals surface area contributed by atoms with Gasteiger partial charge in [0, 0.05) is 30.7 Å². The van der Waals surface area contributed by atoms with Gasteiger partial charge in [0.05, 0.1) is 17.9 Å². The first-order valence-electron chi connectivity index (χ1n) is 6.60. The third-order valence-corrected chi connectivity index (χ3v) is 3.64. The molecule has 0 N–H and O–H groups in total. The van der Waals surface area contributed by atoms with Gasteiger partial charge in [-0.2, -0.15) is 0 Å². The summed E-state index contributed by atoms with van der Waals surface area (Å²) < 4.78 is 27.0. The van der Waals surface area contributed by atoms with Crippen LogP contribution in [0, 0.1) is 11.6 Å². The van der Waals surface area contributed by atoms with Crippen molar-refractivity contribution < 1.29 is 13.6 Å². The third kappa shape index (κ3) is 2.49. The van der Waals surface area contributed by atoms with Gasteiger partial charge in [-0.25, -0.2) is 18.7 Å². The highest BCUT2D eigenvalue weighted by Crippen LogP contribution is 2.29. The summed E-state index contributed by atoms with van der Waals surface area (Å²) in [6.07, 6.45) is 1.91. The van der Waals surface area contributed by atoms with E-state index in [-0.39, 0.29) is 11.5 Å². The molecule has 1 aliphatic heterocycles. The van der Waals surface area contributed by atoms with Crippen LogP contribution in [0.3, 0.4) is 0 Å². The number of halogens is 2. The van der Waals surface area contributed by atoms with E-state index in [2.05, 4.69) is 9.97 Å². The highest BCUT2D eigenvalue weighted by molar-refractivity contribution is 5.74. The van der Waals surface area contributed by atoms with Crippen molar-refractivity contribution in [3.05, 3.63) is 47.4 Å². The molecule has 0 unspecified atom stereocenters. The first kappa shape index (κ1) is 13.6. The Kier molecular flexibility index (Phi) is 3.37. The Bertz CT molecular complexity index is 718. The smallest absolute Gasteiger partial charge is 0.219 e. The summed E-state index contributed by atoms with van der Waals surface area (Å²) in [6.45, 7) is 2.45. The van der Waals surface area contributed by atoms with Crippen molar-refractivity contribution >= 4 is 5.91 Å². The monoisotopic (exact) mass is 289 g/mol. The molecule has 0 spiro atoms. The van der Waals surface area contributed by atoms with E-state index in [4.69, 9.17) is 0 Å². The van der Waals surface area contributed by atoms with Crippen LogP contribution in [0.5, 0.6) is 0 Å². The lowest BCUT2D eigenvalue weighted by molar-refractivity contribution is -0.129. The summed E-state index contributed by atoms with van der Waals surface area (Å²) in [5.74, 6) is -1.29. The van der Waals surface area contributed by atoms with Gasteiger partial charge in [-0.1, -0.05) is 0 Å². The maximum absolute atomic E-state index is 13.9. The Hall–Kier alpha value is -2.37. The van der Waals surface area contributed by atoms with Crippen molar-refractivity contribution in [3.63, 3.8) is 0 Å². The molecular weight excluding hydrogens is 276 g/mol. The topological polar surface area (TPSA) is 46.1 Å². The minimum Gasteiger partial charge on any atom is -0.337 e. The molecule has 1 amide bonds. The zero-order valence-corrected chi connectivity index (χ0v) is 11.4. The van der Waals surface area contributed by atoms with Crippen LogP contribution >= 0.6 is 0 Å². The van der Waals surface area contributed by atoms with Crippen LogP contribution in [-0.4, -0.2) is 27.3 Å². The van der Waals surface area contributed by atoms with Gasteiger partial charge in [-0.15, -0.1) is 0 Å². The van der Waals surface area contributed by atoms with E-state index in [1.807, 2.05) is 0 Å². The molecule has 0 fully saturated rings. The van der Waals surface area contributed by atoms with Gasteiger partial charge in [0.2, 0.25) is 5.91 Å². The maximum Gasteiger partial charge on any atom is 0.219 e. The van der Waals surface area contributed by atoms with Crippen molar-refractivity contribution in [2.75, 3.05) is 6.54 Å². The Labute approximate surface area is 120 Å². The number of fused-ring (bicyclic) bond motifs is 1. The molecule has 2 aromatic rings. The second-order valence-corrected chi connectivity index (χ2v) is 4.96. The Morgan fingerprint density at radius 2 is 2.10 bits per heavy atom. The lowest BCUT2D eigenvalue weighted by Gasteiger charge is -2.28. The number of hydrogen-bond acceptors (Lipinski definition) is 3. The third-order valence-electron chi connectivity index (χ3n) is 3.64. The fraction of sp³-hybridized carbons (Fsp3) is 0.267. The summed E-state index contributed by atoms with van der Waals surface area (Å²) in [6, 6.07) is 3.43. The first-order valence-corrected chi connectivity index (χ1v) is 6.60. The number of amides is 1. The van der Waals surface area contributed by atoms with Crippen molar-refractivity contribution in [2.45, 2.75) is 19.9 Å². The zero-order chi connectivity index (χ0) is 15.0. The van der Waals surface area contributed by atoms with Crippen LogP contribution in [0.1, 0.15) is 18.2 Å². The van der Waals surface area contributed by atoms with Gasteiger partial charge in [0.25, 0.3) is 0 Å². The lowest BCUT2D eigenvalue weighted by atomic mass is 9.98. The Balaban J connectivity index is 2.06. The average molecular weight is 289 g/mol. The van der Waals surface area contributed by atoms with Crippen molar-refractivity contribution in [2.24, 2.45) is 0 Å². The number of carbonyl (C=O) groups excluding carboxylic acids is 1. The summed E-state index contributed by atoms with van der Waals surface area (Å²) in [5.41, 5.74) is 2.26. The van der Waals surface area contributed by atoms with E-state index >= 15 is 0 Å². The van der Waals surface area contributed by atoms with Crippen LogP contribution in [-0.2, 0) is 17.8 Å². The van der Waals surface area contributed by atoms with Gasteiger partial charge in [0.15, 0.2) is 0 Å². The zero-order valence-electron chi connectivity index (χ0n) is 11.4. The number of aromatic nitrogens is 2. The normalized spacial score (nSPS) is 14.0. The number of benzene rings is 1. The van der Waals surface area contributed by atoms with Gasteiger partial charge < -0.3 is 4.90 Å². The molecule has 0 saturated carbocycles. The maximum atomic E-state index is 13.9. The van der Waals surface area contributed by atoms with E-state index < -0.39 is 11.6 Å². The highest BCUT2D eigenvalue weighted by atomic mass is 19.1. The number of carbonyl (C=O) groups is 1. The first-order chi connectivity index (χ1) is 10.1. The summed E-state index contributed by atoms with van der Waals surface area (Å²) in [5, 5.41) is 0. The van der Waals surface area contributed by atoms with Crippen molar-refractivity contribution in [1.82, 2.24) is 14.9 Å². The van der Waals surface area contributed by atoms with Crippen LogP contribution < -0.4 is 0 Å². The number of nitrogens with zero attached hydrogens (tertiary/aromatic N) is 3. The molecule has 1 aromatic heterocycles. The molecule has 4 nitrogen and oxygen atoms in total. The molecule has 1 aromatic carbocycles. The molecule has 0 atom stereocenters. The van der Waals surface area contributed by atoms with Crippen LogP contribution in [0.4, 0.5) is 8.78 Å². The van der Waals surface area contributed by atoms with Crippen molar-refractivity contribution in [3.8, 4) is 11.3 Å². The molecule has 6 heteroatoms. The minimum absolute atomic E-state index is 0.0197. The van der Waals surface area contributed by atoms with E-state index in [1.165, 1.54) is 25.4 Å². The molecule has 21 heavy (non-hydrogen) atoms. The predicted molar refractivity (Wildman–Crippen MR) is 72.2 cm³/mol.